The van der Waals surface area contributed by atoms with Crippen molar-refractivity contribution in [1.29, 1.82) is 0 Å². The van der Waals surface area contributed by atoms with Crippen LogP contribution in [0.1, 0.15) is 17.2 Å². The summed E-state index contributed by atoms with van der Waals surface area (Å²) < 4.78 is 52.7. The number of rotatable bonds is 3. The van der Waals surface area contributed by atoms with Crippen LogP contribution in [0, 0.1) is 5.82 Å². The van der Waals surface area contributed by atoms with Gasteiger partial charge in [0.05, 0.1) is 16.6 Å². The van der Waals surface area contributed by atoms with Gasteiger partial charge < -0.3 is 5.32 Å². The molecule has 2 rings (SSSR count). The fourth-order valence-electron chi connectivity index (χ4n) is 2.42. The molecule has 1 atom stereocenters. The fraction of sp³-hybridized carbons (Fsp3) is 0.429. The lowest BCUT2D eigenvalue weighted by Gasteiger charge is -2.34. The van der Waals surface area contributed by atoms with Gasteiger partial charge in [-0.05, 0) is 12.1 Å². The molecule has 1 fully saturated rings. The van der Waals surface area contributed by atoms with E-state index in [4.69, 9.17) is 11.6 Å². The Labute approximate surface area is 149 Å². The van der Waals surface area contributed by atoms with Crippen molar-refractivity contribution in [2.45, 2.75) is 12.2 Å². The highest BCUT2D eigenvalue weighted by atomic mass is 35.5. The number of nitrogens with zero attached hydrogens (tertiary/aromatic N) is 1. The predicted molar refractivity (Wildman–Crippen MR) is 88.3 cm³/mol. The summed E-state index contributed by atoms with van der Waals surface area (Å²) in [5, 5.41) is 2.60. The molecule has 132 valence electrons. The third kappa shape index (κ3) is 5.22. The summed E-state index contributed by atoms with van der Waals surface area (Å²) in [7, 11) is 0. The van der Waals surface area contributed by atoms with Crippen LogP contribution >= 0.6 is 36.4 Å². The monoisotopic (exact) mass is 394 g/mol. The van der Waals surface area contributed by atoms with Crippen molar-refractivity contribution in [3.05, 3.63) is 46.8 Å². The van der Waals surface area contributed by atoms with Crippen molar-refractivity contribution in [2.75, 3.05) is 26.2 Å². The first kappa shape index (κ1) is 22.5. The van der Waals surface area contributed by atoms with Crippen LogP contribution in [-0.2, 0) is 6.18 Å². The van der Waals surface area contributed by atoms with E-state index in [0.717, 1.165) is 6.07 Å². The highest BCUT2D eigenvalue weighted by molar-refractivity contribution is 6.30. The Bertz CT molecular complexity index is 531. The van der Waals surface area contributed by atoms with Gasteiger partial charge in [0, 0.05) is 31.7 Å². The summed E-state index contributed by atoms with van der Waals surface area (Å²) in [5.41, 5.74) is -1.04. The largest absolute Gasteiger partial charge is 0.416 e. The second-order valence-electron chi connectivity index (χ2n) is 4.83. The number of piperazine rings is 1. The molecule has 1 heterocycles. The molecular formula is C14H17Cl3F4N2. The zero-order valence-electron chi connectivity index (χ0n) is 12.0. The molecule has 1 aromatic rings. The molecule has 1 N–H and O–H groups in total. The maximum Gasteiger partial charge on any atom is 0.416 e. The molecule has 0 radical (unpaired) electrons. The molecule has 0 bridgehead atoms. The highest BCUT2D eigenvalue weighted by Gasteiger charge is 2.34. The minimum absolute atomic E-state index is 0. The van der Waals surface area contributed by atoms with Gasteiger partial charge in [-0.25, -0.2) is 4.39 Å². The Morgan fingerprint density at radius 1 is 1.22 bits per heavy atom. The highest BCUT2D eigenvalue weighted by Crippen LogP contribution is 2.36. The van der Waals surface area contributed by atoms with E-state index in [1.54, 1.807) is 0 Å². The van der Waals surface area contributed by atoms with E-state index >= 15 is 0 Å². The number of hydrogen-bond acceptors (Lipinski definition) is 2. The van der Waals surface area contributed by atoms with Gasteiger partial charge >= 0.3 is 6.18 Å². The molecule has 1 aromatic carbocycles. The van der Waals surface area contributed by atoms with E-state index < -0.39 is 28.6 Å². The van der Waals surface area contributed by atoms with Crippen LogP contribution in [0.3, 0.4) is 0 Å². The zero-order valence-corrected chi connectivity index (χ0v) is 14.4. The summed E-state index contributed by atoms with van der Waals surface area (Å²) in [6, 6.07) is 0.792. The Morgan fingerprint density at radius 2 is 1.78 bits per heavy atom. The molecular weight excluding hydrogens is 379 g/mol. The lowest BCUT2D eigenvalue weighted by Crippen LogP contribution is -2.44. The van der Waals surface area contributed by atoms with Gasteiger partial charge in [0.25, 0.3) is 0 Å². The summed E-state index contributed by atoms with van der Waals surface area (Å²) in [6.07, 6.45) is -3.12. The minimum atomic E-state index is -4.57. The quantitative estimate of drug-likeness (QED) is 0.600. The van der Waals surface area contributed by atoms with Crippen molar-refractivity contribution in [3.8, 4) is 0 Å². The molecule has 1 saturated heterocycles. The normalized spacial score (nSPS) is 16.9. The topological polar surface area (TPSA) is 15.3 Å². The zero-order chi connectivity index (χ0) is 15.6. The van der Waals surface area contributed by atoms with Gasteiger partial charge in [-0.2, -0.15) is 13.2 Å². The van der Waals surface area contributed by atoms with Crippen LogP contribution in [0.5, 0.6) is 0 Å². The number of nitrogens with one attached hydrogen (secondary N) is 1. The Hall–Kier alpha value is -0.530. The van der Waals surface area contributed by atoms with Gasteiger partial charge in [0.2, 0.25) is 0 Å². The van der Waals surface area contributed by atoms with Gasteiger partial charge in [0.15, 0.2) is 0 Å². The van der Waals surface area contributed by atoms with Crippen LogP contribution in [0.4, 0.5) is 17.6 Å². The van der Waals surface area contributed by atoms with Crippen LogP contribution in [0.2, 0.25) is 5.02 Å². The maximum atomic E-state index is 14.2. The number of benzene rings is 1. The minimum Gasteiger partial charge on any atom is -0.314 e. The molecule has 9 heteroatoms. The van der Waals surface area contributed by atoms with E-state index in [0.29, 0.717) is 32.2 Å². The molecule has 1 aliphatic rings. The van der Waals surface area contributed by atoms with Crippen molar-refractivity contribution in [1.82, 2.24) is 10.2 Å². The Balaban J connectivity index is 0.00000242. The molecule has 2 nitrogen and oxygen atoms in total. The molecule has 1 aliphatic heterocycles. The SMILES string of the molecule is C=C[C@H](c1cc(C(F)(F)F)cc(Cl)c1F)N1CCNCC1.Cl.Cl. The van der Waals surface area contributed by atoms with Crippen molar-refractivity contribution < 1.29 is 17.6 Å². The molecule has 0 spiro atoms. The smallest absolute Gasteiger partial charge is 0.314 e. The third-order valence-electron chi connectivity index (χ3n) is 3.47. The van der Waals surface area contributed by atoms with Crippen LogP contribution in [0.25, 0.3) is 0 Å². The lowest BCUT2D eigenvalue weighted by molar-refractivity contribution is -0.137. The third-order valence-corrected chi connectivity index (χ3v) is 3.75. The number of alkyl halides is 3. The molecule has 0 amide bonds. The summed E-state index contributed by atoms with van der Waals surface area (Å²) in [6.45, 7) is 6.21. The number of halogens is 7. The molecule has 23 heavy (non-hydrogen) atoms. The second kappa shape index (κ2) is 9.08. The standard InChI is InChI=1S/C14H15ClF4N2.2ClH/c1-2-12(21-5-3-20-4-6-21)10-7-9(14(17,18)19)8-11(15)13(10)16;;/h2,7-8,12,20H,1,3-6H2;2*1H/t12-;;/m1../s1. The lowest BCUT2D eigenvalue weighted by atomic mass is 10.0. The fourth-order valence-corrected chi connectivity index (χ4v) is 2.65. The van der Waals surface area contributed by atoms with Gasteiger partial charge in [-0.1, -0.05) is 17.7 Å². The number of hydrogen-bond donors (Lipinski definition) is 1. The molecule has 0 saturated carbocycles. The molecule has 0 aliphatic carbocycles. The second-order valence-corrected chi connectivity index (χ2v) is 5.23. The van der Waals surface area contributed by atoms with Crippen LogP contribution < -0.4 is 5.32 Å². The van der Waals surface area contributed by atoms with Gasteiger partial charge in [-0.3, -0.25) is 4.90 Å². The predicted octanol–water partition coefficient (Wildman–Crippen LogP) is 4.47. The summed E-state index contributed by atoms with van der Waals surface area (Å²) in [5.74, 6) is -0.826. The van der Waals surface area contributed by atoms with Crippen LogP contribution in [0.15, 0.2) is 24.8 Å². The summed E-state index contributed by atoms with van der Waals surface area (Å²) >= 11 is 5.62. The Morgan fingerprint density at radius 3 is 2.26 bits per heavy atom. The van der Waals surface area contributed by atoms with E-state index in [1.807, 2.05) is 4.90 Å². The Kier molecular flexibility index (Phi) is 8.87. The van der Waals surface area contributed by atoms with E-state index in [-0.39, 0.29) is 30.4 Å². The van der Waals surface area contributed by atoms with Gasteiger partial charge in [0.1, 0.15) is 5.82 Å². The van der Waals surface area contributed by atoms with Crippen LogP contribution in [-0.4, -0.2) is 31.1 Å². The first-order valence-electron chi connectivity index (χ1n) is 6.48. The first-order chi connectivity index (χ1) is 9.84. The van der Waals surface area contributed by atoms with Crippen molar-refractivity contribution >= 4 is 36.4 Å². The van der Waals surface area contributed by atoms with Crippen molar-refractivity contribution in [2.24, 2.45) is 0 Å². The average Bonchev–Trinajstić information content (AvgIpc) is 2.44. The maximum absolute atomic E-state index is 14.2. The summed E-state index contributed by atoms with van der Waals surface area (Å²) in [4.78, 5) is 1.87. The van der Waals surface area contributed by atoms with E-state index in [2.05, 4.69) is 11.9 Å². The average molecular weight is 396 g/mol. The van der Waals surface area contributed by atoms with Crippen molar-refractivity contribution in [3.63, 3.8) is 0 Å². The van der Waals surface area contributed by atoms with E-state index in [1.165, 1.54) is 6.08 Å². The first-order valence-corrected chi connectivity index (χ1v) is 6.86. The molecule has 0 unspecified atom stereocenters. The van der Waals surface area contributed by atoms with Gasteiger partial charge in [-0.15, -0.1) is 31.4 Å². The van der Waals surface area contributed by atoms with E-state index in [9.17, 15) is 17.6 Å². The molecule has 0 aromatic heterocycles.